The molecule has 1 N–H and O–H groups in total. The average molecular weight is 226 g/mol. The summed E-state index contributed by atoms with van der Waals surface area (Å²) in [6.07, 6.45) is 0.720. The van der Waals surface area contributed by atoms with E-state index in [1.807, 2.05) is 6.92 Å². The summed E-state index contributed by atoms with van der Waals surface area (Å²) in [7, 11) is -3.50. The number of sulfonamides is 1. The molecule has 5 heteroatoms. The molecule has 0 aliphatic rings. The lowest BCUT2D eigenvalue weighted by Crippen LogP contribution is -2.19. The van der Waals surface area contributed by atoms with Gasteiger partial charge in [0.2, 0.25) is 0 Å². The Labute approximate surface area is 90.1 Å². The molecule has 0 atom stereocenters. The highest BCUT2D eigenvalue weighted by Crippen LogP contribution is 2.06. The van der Waals surface area contributed by atoms with E-state index in [1.165, 1.54) is 12.1 Å². The van der Waals surface area contributed by atoms with Crippen LogP contribution in [0, 0.1) is 0 Å². The zero-order valence-electron chi connectivity index (χ0n) is 8.77. The van der Waals surface area contributed by atoms with Gasteiger partial charge >= 0.3 is 0 Å². The van der Waals surface area contributed by atoms with Crippen LogP contribution in [0.5, 0.6) is 0 Å². The van der Waals surface area contributed by atoms with Crippen molar-refractivity contribution in [2.24, 2.45) is 5.10 Å². The predicted molar refractivity (Wildman–Crippen MR) is 60.2 cm³/mol. The number of hydrazone groups is 1. The molecule has 0 aliphatic heterocycles. The second kappa shape index (κ2) is 4.93. The molecule has 0 saturated heterocycles. The summed E-state index contributed by atoms with van der Waals surface area (Å²) in [4.78, 5) is 2.41. The van der Waals surface area contributed by atoms with Crippen LogP contribution in [0.3, 0.4) is 0 Å². The van der Waals surface area contributed by atoms with E-state index in [2.05, 4.69) is 9.93 Å². The molecular formula is C10H14N2O2S. The van der Waals surface area contributed by atoms with Crippen molar-refractivity contribution < 1.29 is 8.42 Å². The highest BCUT2D eigenvalue weighted by Gasteiger charge is 2.11. The van der Waals surface area contributed by atoms with E-state index in [0.717, 1.165) is 12.1 Å². The van der Waals surface area contributed by atoms with Crippen LogP contribution in [0.4, 0.5) is 0 Å². The highest BCUT2D eigenvalue weighted by molar-refractivity contribution is 7.89. The summed E-state index contributed by atoms with van der Waals surface area (Å²) in [6.45, 7) is 3.68. The molecule has 0 amide bonds. The summed E-state index contributed by atoms with van der Waals surface area (Å²) in [6, 6.07) is 8.16. The van der Waals surface area contributed by atoms with Gasteiger partial charge in [-0.25, -0.2) is 4.83 Å². The Balaban J connectivity index is 2.87. The van der Waals surface area contributed by atoms with Gasteiger partial charge in [0, 0.05) is 5.71 Å². The lowest BCUT2D eigenvalue weighted by molar-refractivity contribution is 0.584. The standard InChI is InChI=1S/C10H14N2O2S/c1-3-9(2)11-12-15(13,14)10-7-5-4-6-8-10/h4-8,12H,3H2,1-2H3/b11-9-. The predicted octanol–water partition coefficient (Wildman–Crippen LogP) is 1.75. The number of benzene rings is 1. The van der Waals surface area contributed by atoms with Gasteiger partial charge in [-0.3, -0.25) is 0 Å². The molecule has 0 unspecified atom stereocenters. The van der Waals surface area contributed by atoms with E-state index in [0.29, 0.717) is 0 Å². The van der Waals surface area contributed by atoms with Crippen molar-refractivity contribution in [1.82, 2.24) is 4.83 Å². The van der Waals surface area contributed by atoms with Crippen LogP contribution in [0.2, 0.25) is 0 Å². The van der Waals surface area contributed by atoms with Gasteiger partial charge in [0.15, 0.2) is 0 Å². The van der Waals surface area contributed by atoms with Crippen molar-refractivity contribution >= 4 is 15.7 Å². The SMILES string of the molecule is CC/C(C)=N\NS(=O)(=O)c1ccccc1. The van der Waals surface area contributed by atoms with E-state index in [1.54, 1.807) is 25.1 Å². The van der Waals surface area contributed by atoms with Gasteiger partial charge in [0.05, 0.1) is 4.90 Å². The Bertz CT molecular complexity index is 438. The zero-order chi connectivity index (χ0) is 11.3. The third-order valence-corrected chi connectivity index (χ3v) is 3.15. The molecule has 0 heterocycles. The molecule has 0 bridgehead atoms. The van der Waals surface area contributed by atoms with Crippen molar-refractivity contribution in [1.29, 1.82) is 0 Å². The van der Waals surface area contributed by atoms with Crippen LogP contribution in [0.15, 0.2) is 40.3 Å². The number of hydrogen-bond donors (Lipinski definition) is 1. The summed E-state index contributed by atoms with van der Waals surface area (Å²) < 4.78 is 23.3. The molecule has 82 valence electrons. The molecule has 0 aliphatic carbocycles. The van der Waals surface area contributed by atoms with Crippen LogP contribution >= 0.6 is 0 Å². The maximum atomic E-state index is 11.6. The normalized spacial score (nSPS) is 12.5. The molecule has 0 fully saturated rings. The number of nitrogens with zero attached hydrogens (tertiary/aromatic N) is 1. The maximum Gasteiger partial charge on any atom is 0.276 e. The van der Waals surface area contributed by atoms with Gasteiger partial charge in [-0.2, -0.15) is 13.5 Å². The number of hydrogen-bond acceptors (Lipinski definition) is 3. The molecule has 1 aromatic carbocycles. The Morgan fingerprint density at radius 3 is 2.47 bits per heavy atom. The fraction of sp³-hybridized carbons (Fsp3) is 0.300. The molecular weight excluding hydrogens is 212 g/mol. The smallest absolute Gasteiger partial charge is 0.200 e. The fourth-order valence-electron chi connectivity index (χ4n) is 0.869. The molecule has 0 saturated carbocycles. The van der Waals surface area contributed by atoms with E-state index >= 15 is 0 Å². The van der Waals surface area contributed by atoms with Crippen LogP contribution in [-0.2, 0) is 10.0 Å². The van der Waals surface area contributed by atoms with Crippen molar-refractivity contribution in [3.63, 3.8) is 0 Å². The van der Waals surface area contributed by atoms with Gasteiger partial charge in [0.1, 0.15) is 0 Å². The van der Waals surface area contributed by atoms with Crippen LogP contribution in [0.25, 0.3) is 0 Å². The minimum atomic E-state index is -3.50. The van der Waals surface area contributed by atoms with E-state index in [4.69, 9.17) is 0 Å². The minimum absolute atomic E-state index is 0.220. The van der Waals surface area contributed by atoms with Gasteiger partial charge in [-0.05, 0) is 25.5 Å². The van der Waals surface area contributed by atoms with Crippen molar-refractivity contribution in [2.45, 2.75) is 25.2 Å². The lowest BCUT2D eigenvalue weighted by Gasteiger charge is -2.03. The Hall–Kier alpha value is -1.36. The van der Waals surface area contributed by atoms with Crippen molar-refractivity contribution in [3.8, 4) is 0 Å². The minimum Gasteiger partial charge on any atom is -0.200 e. The number of nitrogens with one attached hydrogen (secondary N) is 1. The van der Waals surface area contributed by atoms with Crippen LogP contribution in [-0.4, -0.2) is 14.1 Å². The molecule has 15 heavy (non-hydrogen) atoms. The quantitative estimate of drug-likeness (QED) is 0.628. The largest absolute Gasteiger partial charge is 0.276 e. The lowest BCUT2D eigenvalue weighted by atomic mass is 10.3. The first-order valence-electron chi connectivity index (χ1n) is 4.66. The first kappa shape index (κ1) is 11.7. The summed E-state index contributed by atoms with van der Waals surface area (Å²) in [5.41, 5.74) is 0.745. The monoisotopic (exact) mass is 226 g/mol. The summed E-state index contributed by atoms with van der Waals surface area (Å²) in [5.74, 6) is 0. The van der Waals surface area contributed by atoms with Gasteiger partial charge in [-0.1, -0.05) is 25.1 Å². The fourth-order valence-corrected chi connectivity index (χ4v) is 1.77. The molecule has 1 rings (SSSR count). The Morgan fingerprint density at radius 1 is 1.33 bits per heavy atom. The van der Waals surface area contributed by atoms with Gasteiger partial charge in [0.25, 0.3) is 10.0 Å². The summed E-state index contributed by atoms with van der Waals surface area (Å²) in [5, 5.41) is 3.77. The first-order valence-corrected chi connectivity index (χ1v) is 6.14. The van der Waals surface area contributed by atoms with Crippen molar-refractivity contribution in [2.75, 3.05) is 0 Å². The molecule has 0 spiro atoms. The topological polar surface area (TPSA) is 58.5 Å². The van der Waals surface area contributed by atoms with Crippen molar-refractivity contribution in [3.05, 3.63) is 30.3 Å². The molecule has 0 aromatic heterocycles. The van der Waals surface area contributed by atoms with Gasteiger partial charge < -0.3 is 0 Å². The van der Waals surface area contributed by atoms with Crippen LogP contribution in [0.1, 0.15) is 20.3 Å². The third kappa shape index (κ3) is 3.36. The molecule has 1 aromatic rings. The first-order chi connectivity index (χ1) is 7.06. The van der Waals surface area contributed by atoms with Crippen LogP contribution < -0.4 is 4.83 Å². The number of rotatable bonds is 4. The van der Waals surface area contributed by atoms with E-state index in [9.17, 15) is 8.42 Å². The highest BCUT2D eigenvalue weighted by atomic mass is 32.2. The second-order valence-corrected chi connectivity index (χ2v) is 4.77. The molecule has 4 nitrogen and oxygen atoms in total. The van der Waals surface area contributed by atoms with E-state index < -0.39 is 10.0 Å². The maximum absolute atomic E-state index is 11.6. The molecule has 0 radical (unpaired) electrons. The van der Waals surface area contributed by atoms with Gasteiger partial charge in [-0.15, -0.1) is 0 Å². The zero-order valence-corrected chi connectivity index (χ0v) is 9.58. The average Bonchev–Trinajstić information content (AvgIpc) is 2.27. The van der Waals surface area contributed by atoms with E-state index in [-0.39, 0.29) is 4.90 Å². The third-order valence-electron chi connectivity index (χ3n) is 1.92. The summed E-state index contributed by atoms with van der Waals surface area (Å²) >= 11 is 0. The Kier molecular flexibility index (Phi) is 3.85. The Morgan fingerprint density at radius 2 is 1.93 bits per heavy atom. The second-order valence-electron chi connectivity index (χ2n) is 3.11.